The monoisotopic (exact) mass is 317 g/mol. The summed E-state index contributed by atoms with van der Waals surface area (Å²) in [6.45, 7) is 3.53. The van der Waals surface area contributed by atoms with Crippen molar-refractivity contribution in [1.82, 2.24) is 15.2 Å². The summed E-state index contributed by atoms with van der Waals surface area (Å²) < 4.78 is 0. The Hall–Kier alpha value is -1.91. The lowest BCUT2D eigenvalue weighted by atomic mass is 10.2. The maximum Gasteiger partial charge on any atom is 0.226 e. The summed E-state index contributed by atoms with van der Waals surface area (Å²) >= 11 is 0. The number of pyridine rings is 1. The maximum absolute atomic E-state index is 12.4. The molecule has 0 radical (unpaired) electrons. The molecule has 0 spiro atoms. The van der Waals surface area contributed by atoms with Gasteiger partial charge in [-0.25, -0.2) is 0 Å². The van der Waals surface area contributed by atoms with E-state index < -0.39 is 0 Å². The van der Waals surface area contributed by atoms with Crippen LogP contribution in [0, 0.1) is 11.8 Å². The Morgan fingerprint density at radius 1 is 1.26 bits per heavy atom. The van der Waals surface area contributed by atoms with Gasteiger partial charge in [0.1, 0.15) is 0 Å². The number of aromatic nitrogens is 1. The molecule has 0 bridgehead atoms. The lowest BCUT2D eigenvalue weighted by Crippen LogP contribution is -2.33. The number of rotatable bonds is 9. The average molecular weight is 317 g/mol. The molecule has 1 heterocycles. The van der Waals surface area contributed by atoms with Gasteiger partial charge in [0.15, 0.2) is 0 Å². The van der Waals surface area contributed by atoms with Gasteiger partial charge in [0.25, 0.3) is 0 Å². The van der Waals surface area contributed by atoms with E-state index in [1.807, 2.05) is 19.2 Å². The Morgan fingerprint density at radius 3 is 2.70 bits per heavy atom. The van der Waals surface area contributed by atoms with Gasteiger partial charge in [0.2, 0.25) is 11.8 Å². The first-order valence-electron chi connectivity index (χ1n) is 8.55. The van der Waals surface area contributed by atoms with Crippen molar-refractivity contribution >= 4 is 11.8 Å². The van der Waals surface area contributed by atoms with Crippen LogP contribution in [0.15, 0.2) is 24.5 Å². The fourth-order valence-corrected chi connectivity index (χ4v) is 2.71. The Bertz CT molecular complexity index is 518. The Morgan fingerprint density at radius 2 is 2.00 bits per heavy atom. The van der Waals surface area contributed by atoms with Crippen molar-refractivity contribution in [3.05, 3.63) is 30.1 Å². The van der Waals surface area contributed by atoms with Crippen molar-refractivity contribution in [2.75, 3.05) is 20.1 Å². The van der Waals surface area contributed by atoms with Crippen LogP contribution in [0.4, 0.5) is 0 Å². The number of nitrogens with one attached hydrogen (secondary N) is 1. The van der Waals surface area contributed by atoms with Crippen LogP contribution >= 0.6 is 0 Å². The molecule has 1 saturated carbocycles. The van der Waals surface area contributed by atoms with Crippen LogP contribution in [-0.4, -0.2) is 41.8 Å². The average Bonchev–Trinajstić information content (AvgIpc) is 3.37. The van der Waals surface area contributed by atoms with Crippen LogP contribution in [0.1, 0.15) is 38.2 Å². The molecule has 1 aliphatic rings. The van der Waals surface area contributed by atoms with Crippen molar-refractivity contribution < 1.29 is 9.59 Å². The Balaban J connectivity index is 1.69. The smallest absolute Gasteiger partial charge is 0.226 e. The molecule has 126 valence electrons. The summed E-state index contributed by atoms with van der Waals surface area (Å²) in [6, 6.07) is 3.92. The van der Waals surface area contributed by atoms with Gasteiger partial charge < -0.3 is 10.2 Å². The van der Waals surface area contributed by atoms with Crippen LogP contribution in [0.2, 0.25) is 0 Å². The summed E-state index contributed by atoms with van der Waals surface area (Å²) in [5.41, 5.74) is 1.17. The summed E-state index contributed by atoms with van der Waals surface area (Å²) in [5.74, 6) is -0.106. The van der Waals surface area contributed by atoms with Crippen molar-refractivity contribution in [2.24, 2.45) is 11.8 Å². The van der Waals surface area contributed by atoms with Gasteiger partial charge in [0.05, 0.1) is 11.8 Å². The third kappa shape index (κ3) is 5.34. The lowest BCUT2D eigenvalue weighted by Gasteiger charge is -2.17. The molecule has 23 heavy (non-hydrogen) atoms. The number of hydrogen-bond acceptors (Lipinski definition) is 3. The standard InChI is InChI=1S/C18H27N3O2/c1-3-4-5-9-20-17(22)15-13-16(15)18(23)21(2)12-8-14-6-10-19-11-7-14/h6-7,10-11,15-16H,3-5,8-9,12-13H2,1-2H3,(H,20,22). The van der Waals surface area contributed by atoms with Crippen LogP contribution in [0.3, 0.4) is 0 Å². The highest BCUT2D eigenvalue weighted by Gasteiger charge is 2.48. The van der Waals surface area contributed by atoms with Crippen LogP contribution in [-0.2, 0) is 16.0 Å². The van der Waals surface area contributed by atoms with E-state index in [1.54, 1.807) is 17.3 Å². The van der Waals surface area contributed by atoms with E-state index in [2.05, 4.69) is 17.2 Å². The van der Waals surface area contributed by atoms with E-state index in [1.165, 1.54) is 5.56 Å². The number of likely N-dealkylation sites (N-methyl/N-ethyl adjacent to an activating group) is 1. The quantitative estimate of drug-likeness (QED) is 0.709. The van der Waals surface area contributed by atoms with Gasteiger partial charge in [-0.1, -0.05) is 19.8 Å². The van der Waals surface area contributed by atoms with Gasteiger partial charge in [-0.05, 0) is 37.0 Å². The second-order valence-corrected chi connectivity index (χ2v) is 6.31. The number of nitrogens with zero attached hydrogens (tertiary/aromatic N) is 2. The van der Waals surface area contributed by atoms with Gasteiger partial charge in [0, 0.05) is 32.5 Å². The topological polar surface area (TPSA) is 62.3 Å². The highest BCUT2D eigenvalue weighted by Crippen LogP contribution is 2.39. The van der Waals surface area contributed by atoms with E-state index in [0.717, 1.165) is 32.2 Å². The van der Waals surface area contributed by atoms with Crippen molar-refractivity contribution in [1.29, 1.82) is 0 Å². The molecule has 1 fully saturated rings. The van der Waals surface area contributed by atoms with Crippen molar-refractivity contribution in [2.45, 2.75) is 39.0 Å². The molecule has 0 saturated heterocycles. The molecule has 2 amide bonds. The van der Waals surface area contributed by atoms with Gasteiger partial charge >= 0.3 is 0 Å². The normalized spacial score (nSPS) is 19.2. The molecule has 1 aromatic rings. The zero-order valence-corrected chi connectivity index (χ0v) is 14.1. The molecule has 0 aromatic carbocycles. The van der Waals surface area contributed by atoms with E-state index in [-0.39, 0.29) is 23.7 Å². The maximum atomic E-state index is 12.4. The molecule has 0 aliphatic heterocycles. The predicted octanol–water partition coefficient (Wildman–Crippen LogP) is 2.02. The second-order valence-electron chi connectivity index (χ2n) is 6.31. The summed E-state index contributed by atoms with van der Waals surface area (Å²) in [6.07, 6.45) is 8.31. The highest BCUT2D eigenvalue weighted by atomic mass is 16.2. The zero-order valence-electron chi connectivity index (χ0n) is 14.1. The second kappa shape index (κ2) is 8.65. The molecule has 2 unspecified atom stereocenters. The molecule has 2 rings (SSSR count). The molecule has 1 aromatic heterocycles. The third-order valence-electron chi connectivity index (χ3n) is 4.39. The van der Waals surface area contributed by atoms with Crippen LogP contribution in [0.25, 0.3) is 0 Å². The third-order valence-corrected chi connectivity index (χ3v) is 4.39. The fourth-order valence-electron chi connectivity index (χ4n) is 2.71. The molecule has 1 N–H and O–H groups in total. The first-order valence-corrected chi connectivity index (χ1v) is 8.55. The zero-order chi connectivity index (χ0) is 16.7. The molecule has 2 atom stereocenters. The number of carbonyl (C=O) groups is 2. The molecule has 5 nitrogen and oxygen atoms in total. The minimum Gasteiger partial charge on any atom is -0.356 e. The van der Waals surface area contributed by atoms with E-state index in [9.17, 15) is 9.59 Å². The summed E-state index contributed by atoms with van der Waals surface area (Å²) in [4.78, 5) is 30.1. The molecule has 5 heteroatoms. The predicted molar refractivity (Wildman–Crippen MR) is 89.7 cm³/mol. The minimum atomic E-state index is -0.122. The number of unbranched alkanes of at least 4 members (excludes halogenated alkanes) is 2. The number of amides is 2. The number of hydrogen-bond donors (Lipinski definition) is 1. The van der Waals surface area contributed by atoms with Gasteiger partial charge in [-0.15, -0.1) is 0 Å². The van der Waals surface area contributed by atoms with Crippen molar-refractivity contribution in [3.8, 4) is 0 Å². The van der Waals surface area contributed by atoms with Gasteiger partial charge in [-0.2, -0.15) is 0 Å². The summed E-state index contributed by atoms with van der Waals surface area (Å²) in [5, 5.41) is 2.94. The van der Waals surface area contributed by atoms with E-state index >= 15 is 0 Å². The highest BCUT2D eigenvalue weighted by molar-refractivity contribution is 5.92. The minimum absolute atomic E-state index is 0.0435. The first kappa shape index (κ1) is 17.4. The van der Waals surface area contributed by atoms with Crippen LogP contribution in [0.5, 0.6) is 0 Å². The van der Waals surface area contributed by atoms with Crippen molar-refractivity contribution in [3.63, 3.8) is 0 Å². The number of carbonyl (C=O) groups excluding carboxylic acids is 2. The Labute approximate surface area is 138 Å². The SMILES string of the molecule is CCCCCNC(=O)C1CC1C(=O)N(C)CCc1ccncc1. The van der Waals surface area contributed by atoms with E-state index in [0.29, 0.717) is 13.0 Å². The van der Waals surface area contributed by atoms with Crippen LogP contribution < -0.4 is 5.32 Å². The first-order chi connectivity index (χ1) is 11.1. The largest absolute Gasteiger partial charge is 0.356 e. The molecular formula is C18H27N3O2. The van der Waals surface area contributed by atoms with E-state index in [4.69, 9.17) is 0 Å². The molecular weight excluding hydrogens is 290 g/mol. The fraction of sp³-hybridized carbons (Fsp3) is 0.611. The molecule has 1 aliphatic carbocycles. The lowest BCUT2D eigenvalue weighted by molar-refractivity contribution is -0.133. The summed E-state index contributed by atoms with van der Waals surface area (Å²) in [7, 11) is 1.82. The Kier molecular flexibility index (Phi) is 6.56. The van der Waals surface area contributed by atoms with Gasteiger partial charge in [-0.3, -0.25) is 14.6 Å².